The van der Waals surface area contributed by atoms with Gasteiger partial charge in [0.1, 0.15) is 0 Å². The zero-order chi connectivity index (χ0) is 14.4. The number of esters is 1. The Morgan fingerprint density at radius 2 is 2.16 bits per heavy atom. The van der Waals surface area contributed by atoms with Crippen molar-refractivity contribution in [1.29, 1.82) is 0 Å². The molecule has 0 radical (unpaired) electrons. The number of anilines is 1. The van der Waals surface area contributed by atoms with Gasteiger partial charge in [-0.3, -0.25) is 9.59 Å². The fourth-order valence-corrected chi connectivity index (χ4v) is 1.67. The van der Waals surface area contributed by atoms with Gasteiger partial charge in [-0.1, -0.05) is 30.1 Å². The molecule has 0 aliphatic rings. The number of rotatable bonds is 5. The summed E-state index contributed by atoms with van der Waals surface area (Å²) in [5.74, 6) is -0.740. The van der Waals surface area contributed by atoms with Gasteiger partial charge in [0.15, 0.2) is 11.9 Å². The first-order chi connectivity index (χ1) is 8.93. The SMILES string of the molecule is CCCC(=O)O[C@@H](C)C(=O)Nc1ncc(Cl)cc1Cl. The number of amides is 1. The molecule has 19 heavy (non-hydrogen) atoms. The van der Waals surface area contributed by atoms with Crippen molar-refractivity contribution >= 4 is 40.9 Å². The topological polar surface area (TPSA) is 68.3 Å². The molecule has 0 bridgehead atoms. The molecule has 104 valence electrons. The summed E-state index contributed by atoms with van der Waals surface area (Å²) in [7, 11) is 0. The second kappa shape index (κ2) is 7.31. The van der Waals surface area contributed by atoms with Crippen LogP contribution in [-0.4, -0.2) is 23.0 Å². The molecular formula is C12H14Cl2N2O3. The van der Waals surface area contributed by atoms with Gasteiger partial charge in [0.2, 0.25) is 0 Å². The zero-order valence-electron chi connectivity index (χ0n) is 10.6. The maximum Gasteiger partial charge on any atom is 0.306 e. The quantitative estimate of drug-likeness (QED) is 0.849. The molecule has 0 fully saturated rings. The smallest absolute Gasteiger partial charge is 0.306 e. The van der Waals surface area contributed by atoms with Crippen LogP contribution in [0.2, 0.25) is 10.0 Å². The molecule has 7 heteroatoms. The van der Waals surface area contributed by atoms with E-state index in [2.05, 4.69) is 10.3 Å². The van der Waals surface area contributed by atoms with E-state index in [1.165, 1.54) is 19.2 Å². The molecule has 1 aromatic heterocycles. The third kappa shape index (κ3) is 5.04. The Morgan fingerprint density at radius 3 is 2.74 bits per heavy atom. The van der Waals surface area contributed by atoms with E-state index >= 15 is 0 Å². The number of carbonyl (C=O) groups excluding carboxylic acids is 2. The van der Waals surface area contributed by atoms with E-state index in [1.807, 2.05) is 6.92 Å². The third-order valence-corrected chi connectivity index (χ3v) is 2.68. The van der Waals surface area contributed by atoms with Gasteiger partial charge < -0.3 is 10.1 Å². The lowest BCUT2D eigenvalue weighted by Crippen LogP contribution is -2.30. The molecule has 0 saturated heterocycles. The lowest BCUT2D eigenvalue weighted by atomic mass is 10.3. The Morgan fingerprint density at radius 1 is 1.47 bits per heavy atom. The van der Waals surface area contributed by atoms with Gasteiger partial charge in [-0.05, 0) is 19.4 Å². The maximum absolute atomic E-state index is 11.8. The van der Waals surface area contributed by atoms with Crippen LogP contribution in [0.25, 0.3) is 0 Å². The zero-order valence-corrected chi connectivity index (χ0v) is 12.1. The van der Waals surface area contributed by atoms with Crippen LogP contribution in [0.1, 0.15) is 26.7 Å². The van der Waals surface area contributed by atoms with E-state index in [1.54, 1.807) is 0 Å². The fraction of sp³-hybridized carbons (Fsp3) is 0.417. The third-order valence-electron chi connectivity index (χ3n) is 2.18. The van der Waals surface area contributed by atoms with E-state index in [0.717, 1.165) is 0 Å². The molecule has 1 rings (SSSR count). The first-order valence-corrected chi connectivity index (χ1v) is 6.51. The number of carbonyl (C=O) groups is 2. The van der Waals surface area contributed by atoms with Crippen molar-refractivity contribution in [2.75, 3.05) is 5.32 Å². The molecule has 5 nitrogen and oxygen atoms in total. The van der Waals surface area contributed by atoms with Crippen molar-refractivity contribution < 1.29 is 14.3 Å². The van der Waals surface area contributed by atoms with Crippen LogP contribution in [0, 0.1) is 0 Å². The molecule has 1 amide bonds. The molecule has 0 aliphatic heterocycles. The summed E-state index contributed by atoms with van der Waals surface area (Å²) in [6.45, 7) is 3.33. The number of aromatic nitrogens is 1. The lowest BCUT2D eigenvalue weighted by Gasteiger charge is -2.13. The predicted octanol–water partition coefficient (Wildman–Crippen LogP) is 3.06. The monoisotopic (exact) mass is 304 g/mol. The molecule has 0 saturated carbocycles. The Balaban J connectivity index is 2.61. The maximum atomic E-state index is 11.8. The minimum atomic E-state index is -0.910. The normalized spacial score (nSPS) is 11.8. The highest BCUT2D eigenvalue weighted by molar-refractivity contribution is 6.36. The van der Waals surface area contributed by atoms with Crippen molar-refractivity contribution in [1.82, 2.24) is 4.98 Å². The van der Waals surface area contributed by atoms with Gasteiger partial charge in [-0.25, -0.2) is 4.98 Å². The highest BCUT2D eigenvalue weighted by Gasteiger charge is 2.18. The second-order valence-electron chi connectivity index (χ2n) is 3.86. The summed E-state index contributed by atoms with van der Waals surface area (Å²) < 4.78 is 4.94. The summed E-state index contributed by atoms with van der Waals surface area (Å²) in [6, 6.07) is 1.46. The van der Waals surface area contributed by atoms with Crippen LogP contribution >= 0.6 is 23.2 Å². The largest absolute Gasteiger partial charge is 0.453 e. The van der Waals surface area contributed by atoms with Crippen molar-refractivity contribution in [2.45, 2.75) is 32.8 Å². The number of nitrogens with zero attached hydrogens (tertiary/aromatic N) is 1. The Kier molecular flexibility index (Phi) is 6.05. The summed E-state index contributed by atoms with van der Waals surface area (Å²) in [4.78, 5) is 26.9. The highest BCUT2D eigenvalue weighted by atomic mass is 35.5. The molecular weight excluding hydrogens is 291 g/mol. The first-order valence-electron chi connectivity index (χ1n) is 5.75. The van der Waals surface area contributed by atoms with E-state index in [9.17, 15) is 9.59 Å². The van der Waals surface area contributed by atoms with Crippen molar-refractivity contribution in [2.24, 2.45) is 0 Å². The Labute approximate surface area is 121 Å². The van der Waals surface area contributed by atoms with E-state index < -0.39 is 18.0 Å². The Bertz CT molecular complexity index is 480. The number of hydrogen-bond acceptors (Lipinski definition) is 4. The highest BCUT2D eigenvalue weighted by Crippen LogP contribution is 2.22. The molecule has 1 N–H and O–H groups in total. The first kappa shape index (κ1) is 15.7. The van der Waals surface area contributed by atoms with Crippen LogP contribution in [0.4, 0.5) is 5.82 Å². The molecule has 0 spiro atoms. The van der Waals surface area contributed by atoms with Gasteiger partial charge in [-0.2, -0.15) is 0 Å². The average Bonchev–Trinajstić information content (AvgIpc) is 2.32. The number of halogens is 2. The van der Waals surface area contributed by atoms with Gasteiger partial charge in [0, 0.05) is 12.6 Å². The number of hydrogen-bond donors (Lipinski definition) is 1. The lowest BCUT2D eigenvalue weighted by molar-refractivity contribution is -0.153. The molecule has 0 unspecified atom stereocenters. The second-order valence-corrected chi connectivity index (χ2v) is 4.70. The van der Waals surface area contributed by atoms with Gasteiger partial charge in [-0.15, -0.1) is 0 Å². The van der Waals surface area contributed by atoms with E-state index in [4.69, 9.17) is 27.9 Å². The summed E-state index contributed by atoms with van der Waals surface area (Å²) in [5.41, 5.74) is 0. The van der Waals surface area contributed by atoms with Gasteiger partial charge in [0.05, 0.1) is 10.0 Å². The van der Waals surface area contributed by atoms with Crippen LogP contribution in [0.5, 0.6) is 0 Å². The van der Waals surface area contributed by atoms with Crippen LogP contribution in [-0.2, 0) is 14.3 Å². The predicted molar refractivity (Wildman–Crippen MR) is 73.3 cm³/mol. The van der Waals surface area contributed by atoms with Gasteiger partial charge in [0.25, 0.3) is 5.91 Å². The van der Waals surface area contributed by atoms with Gasteiger partial charge >= 0.3 is 5.97 Å². The van der Waals surface area contributed by atoms with Crippen molar-refractivity contribution in [3.8, 4) is 0 Å². The molecule has 1 aromatic rings. The minimum Gasteiger partial charge on any atom is -0.453 e. The number of ether oxygens (including phenoxy) is 1. The van der Waals surface area contributed by atoms with Crippen molar-refractivity contribution in [3.63, 3.8) is 0 Å². The van der Waals surface area contributed by atoms with Crippen LogP contribution in [0.3, 0.4) is 0 Å². The van der Waals surface area contributed by atoms with Crippen LogP contribution < -0.4 is 5.32 Å². The molecule has 1 heterocycles. The molecule has 1 atom stereocenters. The molecule has 0 aliphatic carbocycles. The fourth-order valence-electron chi connectivity index (χ4n) is 1.24. The average molecular weight is 305 g/mol. The summed E-state index contributed by atoms with van der Waals surface area (Å²) in [5, 5.41) is 3.05. The molecule has 0 aromatic carbocycles. The summed E-state index contributed by atoms with van der Waals surface area (Å²) >= 11 is 11.6. The van der Waals surface area contributed by atoms with E-state index in [-0.39, 0.29) is 17.3 Å². The van der Waals surface area contributed by atoms with Crippen molar-refractivity contribution in [3.05, 3.63) is 22.3 Å². The minimum absolute atomic E-state index is 0.175. The standard InChI is InChI=1S/C12H14Cl2N2O3/c1-3-4-10(17)19-7(2)12(18)16-11-9(14)5-8(13)6-15-11/h5-7H,3-4H2,1-2H3,(H,15,16,18)/t7-/m0/s1. The number of nitrogens with one attached hydrogen (secondary N) is 1. The Hall–Kier alpha value is -1.33. The number of pyridine rings is 1. The van der Waals surface area contributed by atoms with E-state index in [0.29, 0.717) is 11.4 Å². The van der Waals surface area contributed by atoms with Crippen LogP contribution in [0.15, 0.2) is 12.3 Å². The summed E-state index contributed by atoms with van der Waals surface area (Å²) in [6.07, 6.45) is 1.39.